The van der Waals surface area contributed by atoms with Gasteiger partial charge >= 0.3 is 0 Å². The molecule has 1 aromatic heterocycles. The first kappa shape index (κ1) is 13.8. The van der Waals surface area contributed by atoms with Crippen LogP contribution in [0.25, 0.3) is 0 Å². The Labute approximate surface area is 114 Å². The van der Waals surface area contributed by atoms with E-state index >= 15 is 0 Å². The Hall–Kier alpha value is -1.61. The molecule has 0 amide bonds. The molecule has 2 unspecified atom stereocenters. The maximum atomic E-state index is 10.3. The molecule has 1 N–H and O–H groups in total. The number of aryl methyl sites for hydroxylation is 1. The molecular formula is C16H22N2O. The molecule has 2 rings (SSSR count). The molecule has 0 saturated carbocycles. The molecule has 19 heavy (non-hydrogen) atoms. The largest absolute Gasteiger partial charge is 0.388 e. The molecule has 3 nitrogen and oxygen atoms in total. The molecule has 3 heteroatoms. The molecule has 0 saturated heterocycles. The Morgan fingerprint density at radius 2 is 1.95 bits per heavy atom. The van der Waals surface area contributed by atoms with E-state index in [-0.39, 0.29) is 0 Å². The van der Waals surface area contributed by atoms with E-state index in [1.54, 1.807) is 6.20 Å². The van der Waals surface area contributed by atoms with Crippen LogP contribution in [0.4, 0.5) is 0 Å². The fraction of sp³-hybridized carbons (Fsp3) is 0.438. The van der Waals surface area contributed by atoms with Gasteiger partial charge in [0.15, 0.2) is 0 Å². The lowest BCUT2D eigenvalue weighted by atomic mass is 9.93. The standard InChI is InChI=1S/C16H22N2O/c1-3-9-18-12-15(11-17-18)16(19)10-13(2)14-7-5-4-6-8-14/h4-8,11-13,16,19H,3,9-10H2,1-2H3. The monoisotopic (exact) mass is 258 g/mol. The van der Waals surface area contributed by atoms with Gasteiger partial charge in [-0.3, -0.25) is 4.68 Å². The van der Waals surface area contributed by atoms with Crippen LogP contribution in [0.3, 0.4) is 0 Å². The van der Waals surface area contributed by atoms with Gasteiger partial charge in [0.05, 0.1) is 12.3 Å². The minimum absolute atomic E-state index is 0.339. The fourth-order valence-corrected chi connectivity index (χ4v) is 2.29. The second kappa shape index (κ2) is 6.53. The Morgan fingerprint density at radius 1 is 1.21 bits per heavy atom. The number of hydrogen-bond donors (Lipinski definition) is 1. The summed E-state index contributed by atoms with van der Waals surface area (Å²) in [7, 11) is 0. The van der Waals surface area contributed by atoms with Crippen LogP contribution in [-0.2, 0) is 6.54 Å². The van der Waals surface area contributed by atoms with Crippen LogP contribution < -0.4 is 0 Å². The van der Waals surface area contributed by atoms with E-state index in [9.17, 15) is 5.11 Å². The topological polar surface area (TPSA) is 38.0 Å². The molecule has 1 aromatic carbocycles. The molecule has 102 valence electrons. The number of aromatic nitrogens is 2. The van der Waals surface area contributed by atoms with Gasteiger partial charge in [-0.25, -0.2) is 0 Å². The van der Waals surface area contributed by atoms with Crippen molar-refractivity contribution in [2.24, 2.45) is 0 Å². The summed E-state index contributed by atoms with van der Waals surface area (Å²) in [6, 6.07) is 10.3. The van der Waals surface area contributed by atoms with E-state index in [4.69, 9.17) is 0 Å². The number of rotatable bonds is 6. The first-order valence-electron chi connectivity index (χ1n) is 6.96. The van der Waals surface area contributed by atoms with Crippen molar-refractivity contribution in [1.82, 2.24) is 9.78 Å². The normalized spacial score (nSPS) is 14.3. The van der Waals surface area contributed by atoms with Gasteiger partial charge in [0, 0.05) is 18.3 Å². The minimum Gasteiger partial charge on any atom is -0.388 e. The van der Waals surface area contributed by atoms with Gasteiger partial charge in [-0.2, -0.15) is 5.10 Å². The molecule has 0 fully saturated rings. The van der Waals surface area contributed by atoms with Crippen LogP contribution >= 0.6 is 0 Å². The van der Waals surface area contributed by atoms with Crippen LogP contribution in [0.1, 0.15) is 49.8 Å². The van der Waals surface area contributed by atoms with Crippen molar-refractivity contribution in [3.8, 4) is 0 Å². The van der Waals surface area contributed by atoms with Gasteiger partial charge < -0.3 is 5.11 Å². The third-order valence-electron chi connectivity index (χ3n) is 3.44. The highest BCUT2D eigenvalue weighted by atomic mass is 16.3. The highest BCUT2D eigenvalue weighted by Gasteiger charge is 2.15. The average Bonchev–Trinajstić information content (AvgIpc) is 2.89. The van der Waals surface area contributed by atoms with Crippen molar-refractivity contribution < 1.29 is 5.11 Å². The van der Waals surface area contributed by atoms with Crippen LogP contribution in [-0.4, -0.2) is 14.9 Å². The summed E-state index contributed by atoms with van der Waals surface area (Å²) in [5.74, 6) is 0.339. The molecule has 0 aliphatic rings. The van der Waals surface area contributed by atoms with E-state index in [0.29, 0.717) is 5.92 Å². The van der Waals surface area contributed by atoms with Gasteiger partial charge in [-0.15, -0.1) is 0 Å². The molecule has 0 radical (unpaired) electrons. The van der Waals surface area contributed by atoms with Crippen LogP contribution in [0.5, 0.6) is 0 Å². The van der Waals surface area contributed by atoms with Crippen molar-refractivity contribution >= 4 is 0 Å². The summed E-state index contributed by atoms with van der Waals surface area (Å²) < 4.78 is 1.89. The maximum absolute atomic E-state index is 10.3. The van der Waals surface area contributed by atoms with Crippen LogP contribution in [0.15, 0.2) is 42.7 Å². The summed E-state index contributed by atoms with van der Waals surface area (Å²) in [6.07, 6.45) is 5.06. The molecule has 2 aromatic rings. The van der Waals surface area contributed by atoms with Gasteiger partial charge in [0.25, 0.3) is 0 Å². The van der Waals surface area contributed by atoms with Crippen molar-refractivity contribution in [3.05, 3.63) is 53.9 Å². The van der Waals surface area contributed by atoms with Gasteiger partial charge in [0.2, 0.25) is 0 Å². The second-order valence-corrected chi connectivity index (χ2v) is 5.10. The van der Waals surface area contributed by atoms with Gasteiger partial charge in [0.1, 0.15) is 0 Å². The average molecular weight is 258 g/mol. The summed E-state index contributed by atoms with van der Waals surface area (Å²) in [6.45, 7) is 5.17. The summed E-state index contributed by atoms with van der Waals surface area (Å²) in [5, 5.41) is 14.5. The first-order valence-corrected chi connectivity index (χ1v) is 6.96. The lowest BCUT2D eigenvalue weighted by molar-refractivity contribution is 0.159. The summed E-state index contributed by atoms with van der Waals surface area (Å²) in [5.41, 5.74) is 2.18. The third-order valence-corrected chi connectivity index (χ3v) is 3.44. The number of benzene rings is 1. The Kier molecular flexibility index (Phi) is 4.74. The van der Waals surface area contributed by atoms with Crippen molar-refractivity contribution in [1.29, 1.82) is 0 Å². The Bertz CT molecular complexity index is 492. The molecule has 0 spiro atoms. The Balaban J connectivity index is 1.98. The molecular weight excluding hydrogens is 236 g/mol. The van der Waals surface area contributed by atoms with Crippen molar-refractivity contribution in [2.45, 2.75) is 45.3 Å². The summed E-state index contributed by atoms with van der Waals surface area (Å²) in [4.78, 5) is 0. The van der Waals surface area contributed by atoms with Crippen LogP contribution in [0.2, 0.25) is 0 Å². The van der Waals surface area contributed by atoms with Crippen LogP contribution in [0, 0.1) is 0 Å². The highest BCUT2D eigenvalue weighted by molar-refractivity contribution is 5.20. The Morgan fingerprint density at radius 3 is 2.63 bits per heavy atom. The van der Waals surface area contributed by atoms with Crippen molar-refractivity contribution in [2.75, 3.05) is 0 Å². The highest BCUT2D eigenvalue weighted by Crippen LogP contribution is 2.27. The van der Waals surface area contributed by atoms with E-state index < -0.39 is 6.10 Å². The van der Waals surface area contributed by atoms with Gasteiger partial charge in [-0.1, -0.05) is 44.2 Å². The molecule has 2 atom stereocenters. The zero-order chi connectivity index (χ0) is 13.7. The quantitative estimate of drug-likeness (QED) is 0.861. The summed E-state index contributed by atoms with van der Waals surface area (Å²) >= 11 is 0. The molecule has 0 aliphatic carbocycles. The number of aliphatic hydroxyl groups is 1. The number of aliphatic hydroxyl groups excluding tert-OH is 1. The fourth-order valence-electron chi connectivity index (χ4n) is 2.29. The van der Waals surface area contributed by atoms with E-state index in [2.05, 4.69) is 31.1 Å². The first-order chi connectivity index (χ1) is 9.20. The lowest BCUT2D eigenvalue weighted by Gasteiger charge is -2.15. The van der Waals surface area contributed by atoms with Gasteiger partial charge in [-0.05, 0) is 24.3 Å². The third kappa shape index (κ3) is 3.67. The van der Waals surface area contributed by atoms with Crippen molar-refractivity contribution in [3.63, 3.8) is 0 Å². The number of nitrogens with zero attached hydrogens (tertiary/aromatic N) is 2. The molecule has 0 aliphatic heterocycles. The predicted molar refractivity (Wildman–Crippen MR) is 77.0 cm³/mol. The molecule has 1 heterocycles. The predicted octanol–water partition coefficient (Wildman–Crippen LogP) is 3.52. The molecule has 0 bridgehead atoms. The zero-order valence-corrected chi connectivity index (χ0v) is 11.7. The second-order valence-electron chi connectivity index (χ2n) is 5.10. The van der Waals surface area contributed by atoms with E-state index in [1.165, 1.54) is 5.56 Å². The zero-order valence-electron chi connectivity index (χ0n) is 11.7. The SMILES string of the molecule is CCCn1cc(C(O)CC(C)c2ccccc2)cn1. The minimum atomic E-state index is -0.444. The maximum Gasteiger partial charge on any atom is 0.0826 e. The smallest absolute Gasteiger partial charge is 0.0826 e. The number of hydrogen-bond acceptors (Lipinski definition) is 2. The van der Waals surface area contributed by atoms with E-state index in [0.717, 1.165) is 24.9 Å². The van der Waals surface area contributed by atoms with E-state index in [1.807, 2.05) is 29.1 Å². The lowest BCUT2D eigenvalue weighted by Crippen LogP contribution is -2.03.